The third-order valence-electron chi connectivity index (χ3n) is 10.3. The number of carbonyl (C=O) groups excluding carboxylic acids is 2. The topological polar surface area (TPSA) is 99.1 Å². The second-order valence-corrected chi connectivity index (χ2v) is 16.6. The molecule has 0 radical (unpaired) electrons. The summed E-state index contributed by atoms with van der Waals surface area (Å²) in [6, 6.07) is -0.616. The minimum Gasteiger partial charge on any atom is -0.477 e. The highest BCUT2D eigenvalue weighted by atomic mass is 16.6. The van der Waals surface area contributed by atoms with Gasteiger partial charge in [-0.15, -0.1) is 0 Å². The third kappa shape index (κ3) is 37.1. The Labute approximate surface area is 344 Å². The van der Waals surface area contributed by atoms with Crippen molar-refractivity contribution in [1.82, 2.24) is 0 Å². The molecule has 1 N–H and O–H groups in total. The predicted molar refractivity (Wildman–Crippen MR) is 234 cm³/mol. The molecule has 0 heterocycles. The van der Waals surface area contributed by atoms with E-state index in [1.165, 1.54) is 103 Å². The summed E-state index contributed by atoms with van der Waals surface area (Å²) in [5, 5.41) is 9.62. The predicted octanol–water partition coefficient (Wildman–Crippen LogP) is 12.6. The average molecular weight is 791 g/mol. The van der Waals surface area contributed by atoms with Gasteiger partial charge < -0.3 is 23.8 Å². The van der Waals surface area contributed by atoms with Crippen LogP contribution in [0.3, 0.4) is 0 Å². The summed E-state index contributed by atoms with van der Waals surface area (Å²) >= 11 is 0. The fourth-order valence-electron chi connectivity index (χ4n) is 6.71. The van der Waals surface area contributed by atoms with Crippen LogP contribution in [-0.2, 0) is 28.6 Å². The van der Waals surface area contributed by atoms with E-state index in [1.807, 2.05) is 21.1 Å². The first-order valence-electron chi connectivity index (χ1n) is 23.0. The van der Waals surface area contributed by atoms with Crippen molar-refractivity contribution in [1.29, 1.82) is 0 Å². The van der Waals surface area contributed by atoms with E-state index in [-0.39, 0.29) is 36.2 Å². The van der Waals surface area contributed by atoms with Crippen molar-refractivity contribution in [2.45, 2.75) is 212 Å². The summed E-state index contributed by atoms with van der Waals surface area (Å²) in [6.45, 7) is 4.62. The molecule has 0 saturated carbocycles. The van der Waals surface area contributed by atoms with E-state index in [1.54, 1.807) is 0 Å². The zero-order valence-corrected chi connectivity index (χ0v) is 37.1. The Balaban J connectivity index is 4.31. The van der Waals surface area contributed by atoms with Gasteiger partial charge in [-0.25, -0.2) is 4.79 Å². The van der Waals surface area contributed by atoms with Crippen LogP contribution in [0.4, 0.5) is 0 Å². The van der Waals surface area contributed by atoms with Gasteiger partial charge in [0.05, 0.1) is 34.4 Å². The maximum Gasteiger partial charge on any atom is 0.362 e. The molecule has 0 spiro atoms. The van der Waals surface area contributed by atoms with Gasteiger partial charge in [-0.3, -0.25) is 9.59 Å². The molecule has 56 heavy (non-hydrogen) atoms. The number of allylic oxidation sites excluding steroid dienone is 6. The van der Waals surface area contributed by atoms with Crippen LogP contribution in [0.25, 0.3) is 0 Å². The number of carboxylic acid groups (broad SMARTS) is 1. The maximum absolute atomic E-state index is 12.7. The first-order chi connectivity index (χ1) is 27.1. The molecule has 0 aliphatic carbocycles. The fraction of sp³-hybridized carbons (Fsp3) is 0.812. The van der Waals surface area contributed by atoms with Crippen LogP contribution < -0.4 is 0 Å². The minimum absolute atomic E-state index is 0.0563. The van der Waals surface area contributed by atoms with Crippen LogP contribution in [0.1, 0.15) is 200 Å². The number of carboxylic acids is 1. The number of esters is 2. The van der Waals surface area contributed by atoms with E-state index in [0.29, 0.717) is 19.3 Å². The number of carbonyl (C=O) groups is 3. The lowest BCUT2D eigenvalue weighted by Gasteiger charge is -2.31. The molecule has 0 rings (SSSR count). The van der Waals surface area contributed by atoms with Gasteiger partial charge in [-0.1, -0.05) is 153 Å². The highest BCUT2D eigenvalue weighted by Gasteiger charge is 2.31. The van der Waals surface area contributed by atoms with Crippen molar-refractivity contribution in [3.63, 3.8) is 0 Å². The number of nitrogens with zero attached hydrogens (tertiary/aromatic N) is 1. The van der Waals surface area contributed by atoms with E-state index in [9.17, 15) is 19.5 Å². The quantitative estimate of drug-likeness (QED) is 0.0285. The molecule has 0 saturated heterocycles. The molecule has 326 valence electrons. The zero-order chi connectivity index (χ0) is 41.4. The molecule has 8 nitrogen and oxygen atoms in total. The van der Waals surface area contributed by atoms with Crippen molar-refractivity contribution in [3.8, 4) is 0 Å². The van der Waals surface area contributed by atoms with Crippen molar-refractivity contribution in [2.75, 3.05) is 41.0 Å². The van der Waals surface area contributed by atoms with Gasteiger partial charge in [0, 0.05) is 19.3 Å². The number of unbranched alkanes of at least 4 members (excludes halogenated alkanes) is 21. The molecule has 0 amide bonds. The molecule has 0 aromatic rings. The monoisotopic (exact) mass is 791 g/mol. The average Bonchev–Trinajstić information content (AvgIpc) is 3.15. The Hall–Kier alpha value is -2.45. The van der Waals surface area contributed by atoms with E-state index in [2.05, 4.69) is 50.3 Å². The summed E-state index contributed by atoms with van der Waals surface area (Å²) in [5.41, 5.74) is 0. The Bertz CT molecular complexity index is 1020. The first kappa shape index (κ1) is 53.6. The largest absolute Gasteiger partial charge is 0.477 e. The Morgan fingerprint density at radius 1 is 0.554 bits per heavy atom. The summed E-state index contributed by atoms with van der Waals surface area (Å²) in [7, 11) is 5.52. The van der Waals surface area contributed by atoms with Crippen molar-refractivity contribution < 1.29 is 38.2 Å². The number of hydrogen-bond donors (Lipinski definition) is 1. The van der Waals surface area contributed by atoms with Crippen LogP contribution >= 0.6 is 0 Å². The lowest BCUT2D eigenvalue weighted by Crippen LogP contribution is -2.50. The van der Waals surface area contributed by atoms with E-state index in [4.69, 9.17) is 14.2 Å². The second-order valence-electron chi connectivity index (χ2n) is 16.6. The fourth-order valence-corrected chi connectivity index (χ4v) is 6.71. The SMILES string of the molecule is CC/C=C/C/C=C/CCCCCCCCCC(=O)OC(COCCC(C(=O)O)[N+](C)(C)C)COC(=O)CCCCCCC/C=C/CCCCCCCCCCC. The number of hydrogen-bond acceptors (Lipinski definition) is 6. The maximum atomic E-state index is 12.7. The normalized spacial score (nSPS) is 13.2. The molecule has 2 atom stereocenters. The van der Waals surface area contributed by atoms with Crippen LogP contribution in [0.5, 0.6) is 0 Å². The van der Waals surface area contributed by atoms with Crippen LogP contribution in [-0.4, -0.2) is 80.6 Å². The van der Waals surface area contributed by atoms with Gasteiger partial charge >= 0.3 is 17.9 Å². The summed E-state index contributed by atoms with van der Waals surface area (Å²) in [4.78, 5) is 37.0. The molecular weight excluding hydrogens is 703 g/mol. The van der Waals surface area contributed by atoms with Crippen LogP contribution in [0, 0.1) is 0 Å². The van der Waals surface area contributed by atoms with Gasteiger partial charge in [0.1, 0.15) is 6.61 Å². The van der Waals surface area contributed by atoms with E-state index in [0.717, 1.165) is 64.2 Å². The Morgan fingerprint density at radius 2 is 1.00 bits per heavy atom. The van der Waals surface area contributed by atoms with Gasteiger partial charge in [0.15, 0.2) is 12.1 Å². The molecule has 0 fully saturated rings. The third-order valence-corrected chi connectivity index (χ3v) is 10.3. The molecule has 0 aliphatic rings. The van der Waals surface area contributed by atoms with Gasteiger partial charge in [-0.2, -0.15) is 0 Å². The molecule has 0 aliphatic heterocycles. The second kappa shape index (κ2) is 39.4. The van der Waals surface area contributed by atoms with E-state index < -0.39 is 18.1 Å². The molecule has 0 aromatic carbocycles. The number of ether oxygens (including phenoxy) is 3. The lowest BCUT2D eigenvalue weighted by molar-refractivity contribution is -0.887. The number of likely N-dealkylation sites (N-methyl/N-ethyl adjacent to an activating group) is 1. The van der Waals surface area contributed by atoms with Gasteiger partial charge in [-0.05, 0) is 64.2 Å². The molecular formula is C48H88NO7+. The lowest BCUT2D eigenvalue weighted by atomic mass is 10.1. The molecule has 8 heteroatoms. The van der Waals surface area contributed by atoms with Crippen LogP contribution in [0.15, 0.2) is 36.5 Å². The summed E-state index contributed by atoms with van der Waals surface area (Å²) < 4.78 is 17.3. The molecule has 2 unspecified atom stereocenters. The number of quaternary nitrogens is 1. The first-order valence-corrected chi connectivity index (χ1v) is 23.0. The smallest absolute Gasteiger partial charge is 0.362 e. The van der Waals surface area contributed by atoms with Gasteiger partial charge in [0.2, 0.25) is 0 Å². The Morgan fingerprint density at radius 3 is 1.48 bits per heavy atom. The minimum atomic E-state index is -0.877. The van der Waals surface area contributed by atoms with Crippen molar-refractivity contribution in [2.24, 2.45) is 0 Å². The number of rotatable bonds is 41. The number of aliphatic carboxylic acids is 1. The van der Waals surface area contributed by atoms with Crippen molar-refractivity contribution >= 4 is 17.9 Å². The van der Waals surface area contributed by atoms with Gasteiger partial charge in [0.25, 0.3) is 0 Å². The molecule has 0 aromatic heterocycles. The van der Waals surface area contributed by atoms with Crippen molar-refractivity contribution in [3.05, 3.63) is 36.5 Å². The highest BCUT2D eigenvalue weighted by Crippen LogP contribution is 2.14. The zero-order valence-electron chi connectivity index (χ0n) is 37.1. The standard InChI is InChI=1S/C48H87NO7/c1-6-8-10-12-14-16-18-20-22-23-24-25-27-28-30-32-34-36-38-46(50)55-43-44(42-54-41-40-45(48(52)53)49(3,4)5)56-47(51)39-37-35-33-31-29-26-21-19-17-15-13-11-9-7-2/h9,11,15,17,24-25,44-45H,6-8,10,12-14,16,18-23,26-43H2,1-5H3/p+1/b11-9+,17-15+,25-24+. The molecule has 0 bridgehead atoms. The Kier molecular flexibility index (Phi) is 37.7. The van der Waals surface area contributed by atoms with E-state index >= 15 is 0 Å². The summed E-state index contributed by atoms with van der Waals surface area (Å²) in [6.07, 6.45) is 44.7. The summed E-state index contributed by atoms with van der Waals surface area (Å²) in [5.74, 6) is -1.48. The van der Waals surface area contributed by atoms with Crippen LogP contribution in [0.2, 0.25) is 0 Å². The highest BCUT2D eigenvalue weighted by molar-refractivity contribution is 5.72.